The minimum absolute atomic E-state index is 0.124. The second-order valence-corrected chi connectivity index (χ2v) is 4.93. The average Bonchev–Trinajstić information content (AvgIpc) is 2.44. The Morgan fingerprint density at radius 3 is 2.84 bits per heavy atom. The highest BCUT2D eigenvalue weighted by Crippen LogP contribution is 2.07. The van der Waals surface area contributed by atoms with Gasteiger partial charge in [-0.3, -0.25) is 4.79 Å². The molecule has 0 aromatic carbocycles. The van der Waals surface area contributed by atoms with E-state index in [1.165, 1.54) is 0 Å². The fourth-order valence-corrected chi connectivity index (χ4v) is 2.11. The fraction of sp³-hybridized carbons (Fsp3) is 0.800. The molecule has 0 spiro atoms. The zero-order chi connectivity index (χ0) is 13.8. The molecule has 0 aromatic heterocycles. The molecule has 19 heavy (non-hydrogen) atoms. The molecular formula is C15H26N2O2. The van der Waals surface area contributed by atoms with Crippen molar-refractivity contribution in [1.29, 1.82) is 0 Å². The summed E-state index contributed by atoms with van der Waals surface area (Å²) in [4.78, 5) is 11.5. The maximum atomic E-state index is 11.5. The minimum atomic E-state index is 0.124. The van der Waals surface area contributed by atoms with Crippen LogP contribution in [0, 0.1) is 12.3 Å². The first-order valence-electron chi connectivity index (χ1n) is 7.35. The molecule has 0 radical (unpaired) electrons. The van der Waals surface area contributed by atoms with Gasteiger partial charge in [-0.25, -0.2) is 0 Å². The highest BCUT2D eigenvalue weighted by atomic mass is 16.5. The van der Waals surface area contributed by atoms with E-state index in [0.29, 0.717) is 19.1 Å². The van der Waals surface area contributed by atoms with E-state index in [0.717, 1.165) is 58.2 Å². The second kappa shape index (κ2) is 10.8. The number of carbonyl (C=O) groups is 1. The quantitative estimate of drug-likeness (QED) is 0.490. The summed E-state index contributed by atoms with van der Waals surface area (Å²) in [5.74, 6) is 2.70. The van der Waals surface area contributed by atoms with Gasteiger partial charge in [0.25, 0.3) is 0 Å². The summed E-state index contributed by atoms with van der Waals surface area (Å²) in [5.41, 5.74) is 0. The van der Waals surface area contributed by atoms with Crippen LogP contribution in [0.3, 0.4) is 0 Å². The van der Waals surface area contributed by atoms with Gasteiger partial charge in [-0.1, -0.05) is 0 Å². The molecule has 1 saturated heterocycles. The lowest BCUT2D eigenvalue weighted by Crippen LogP contribution is -2.33. The topological polar surface area (TPSA) is 50.4 Å². The van der Waals surface area contributed by atoms with E-state index < -0.39 is 0 Å². The van der Waals surface area contributed by atoms with Crippen LogP contribution in [0.25, 0.3) is 0 Å². The lowest BCUT2D eigenvalue weighted by Gasteiger charge is -2.22. The molecule has 1 aliphatic heterocycles. The molecule has 0 bridgehead atoms. The van der Waals surface area contributed by atoms with Gasteiger partial charge in [0.1, 0.15) is 0 Å². The van der Waals surface area contributed by atoms with Crippen molar-refractivity contribution in [2.45, 2.75) is 51.0 Å². The van der Waals surface area contributed by atoms with Gasteiger partial charge in [0.15, 0.2) is 0 Å². The maximum Gasteiger partial charge on any atom is 0.219 e. The number of piperidine rings is 1. The van der Waals surface area contributed by atoms with Gasteiger partial charge < -0.3 is 15.4 Å². The second-order valence-electron chi connectivity index (χ2n) is 4.93. The number of hydrogen-bond donors (Lipinski definition) is 2. The van der Waals surface area contributed by atoms with Crippen LogP contribution < -0.4 is 10.6 Å². The van der Waals surface area contributed by atoms with Crippen molar-refractivity contribution >= 4 is 5.91 Å². The Morgan fingerprint density at radius 1 is 1.32 bits per heavy atom. The molecule has 1 fully saturated rings. The molecule has 0 unspecified atom stereocenters. The SMILES string of the molecule is C#CCCCCC(=O)NCCCOC1CCNCC1. The molecule has 4 nitrogen and oxygen atoms in total. The Morgan fingerprint density at radius 2 is 2.11 bits per heavy atom. The summed E-state index contributed by atoms with van der Waals surface area (Å²) in [6, 6.07) is 0. The minimum Gasteiger partial charge on any atom is -0.378 e. The Balaban J connectivity index is 1.87. The van der Waals surface area contributed by atoms with Crippen molar-refractivity contribution in [2.24, 2.45) is 0 Å². The third-order valence-electron chi connectivity index (χ3n) is 3.26. The van der Waals surface area contributed by atoms with Crippen LogP contribution in [-0.2, 0) is 9.53 Å². The zero-order valence-electron chi connectivity index (χ0n) is 11.7. The third kappa shape index (κ3) is 8.63. The van der Waals surface area contributed by atoms with Crippen molar-refractivity contribution in [1.82, 2.24) is 10.6 Å². The van der Waals surface area contributed by atoms with Gasteiger partial charge in [0.05, 0.1) is 6.10 Å². The van der Waals surface area contributed by atoms with Gasteiger partial charge in [0.2, 0.25) is 5.91 Å². The first-order chi connectivity index (χ1) is 9.33. The van der Waals surface area contributed by atoms with E-state index in [2.05, 4.69) is 16.6 Å². The molecule has 1 amide bonds. The molecule has 1 heterocycles. The van der Waals surface area contributed by atoms with Crippen LogP contribution in [0.15, 0.2) is 0 Å². The van der Waals surface area contributed by atoms with E-state index in [4.69, 9.17) is 11.2 Å². The smallest absolute Gasteiger partial charge is 0.219 e. The van der Waals surface area contributed by atoms with Crippen molar-refractivity contribution in [2.75, 3.05) is 26.2 Å². The number of amides is 1. The van der Waals surface area contributed by atoms with Gasteiger partial charge >= 0.3 is 0 Å². The molecule has 1 rings (SSSR count). The van der Waals surface area contributed by atoms with Crippen LogP contribution in [-0.4, -0.2) is 38.3 Å². The van der Waals surface area contributed by atoms with Crippen molar-refractivity contribution < 1.29 is 9.53 Å². The van der Waals surface area contributed by atoms with Crippen molar-refractivity contribution in [3.05, 3.63) is 0 Å². The molecule has 4 heteroatoms. The average molecular weight is 266 g/mol. The van der Waals surface area contributed by atoms with Crippen molar-refractivity contribution in [3.8, 4) is 12.3 Å². The van der Waals surface area contributed by atoms with Gasteiger partial charge in [-0.15, -0.1) is 12.3 Å². The van der Waals surface area contributed by atoms with Crippen LogP contribution >= 0.6 is 0 Å². The predicted molar refractivity (Wildman–Crippen MR) is 76.8 cm³/mol. The Bertz CT molecular complexity index is 280. The first kappa shape index (κ1) is 16.0. The van der Waals surface area contributed by atoms with Gasteiger partial charge in [-0.05, 0) is 45.2 Å². The molecule has 0 atom stereocenters. The number of rotatable bonds is 9. The number of ether oxygens (including phenoxy) is 1. The number of hydrogen-bond acceptors (Lipinski definition) is 3. The summed E-state index contributed by atoms with van der Waals surface area (Å²) >= 11 is 0. The zero-order valence-corrected chi connectivity index (χ0v) is 11.7. The fourth-order valence-electron chi connectivity index (χ4n) is 2.11. The van der Waals surface area contributed by atoms with Gasteiger partial charge in [-0.2, -0.15) is 0 Å². The lowest BCUT2D eigenvalue weighted by atomic mass is 10.1. The van der Waals surface area contributed by atoms with Crippen LogP contribution in [0.1, 0.15) is 44.9 Å². The summed E-state index contributed by atoms with van der Waals surface area (Å²) in [6.45, 7) is 3.55. The summed E-state index contributed by atoms with van der Waals surface area (Å²) in [7, 11) is 0. The largest absolute Gasteiger partial charge is 0.378 e. The lowest BCUT2D eigenvalue weighted by molar-refractivity contribution is -0.121. The normalized spacial score (nSPS) is 15.9. The molecule has 1 aliphatic rings. The predicted octanol–water partition coefficient (Wildman–Crippen LogP) is 1.45. The summed E-state index contributed by atoms with van der Waals surface area (Å²) in [5, 5.41) is 6.22. The molecular weight excluding hydrogens is 240 g/mol. The number of nitrogens with one attached hydrogen (secondary N) is 2. The number of carbonyl (C=O) groups excluding carboxylic acids is 1. The Labute approximate surface area is 116 Å². The monoisotopic (exact) mass is 266 g/mol. The van der Waals surface area contributed by atoms with E-state index in [9.17, 15) is 4.79 Å². The Kier molecular flexibility index (Phi) is 9.13. The van der Waals surface area contributed by atoms with Gasteiger partial charge in [0, 0.05) is 26.0 Å². The van der Waals surface area contributed by atoms with E-state index in [-0.39, 0.29) is 5.91 Å². The highest BCUT2D eigenvalue weighted by Gasteiger charge is 2.12. The molecule has 108 valence electrons. The highest BCUT2D eigenvalue weighted by molar-refractivity contribution is 5.75. The Hall–Kier alpha value is -1.05. The molecule has 0 saturated carbocycles. The summed E-state index contributed by atoms with van der Waals surface area (Å²) < 4.78 is 5.76. The summed E-state index contributed by atoms with van der Waals surface area (Å²) in [6.07, 6.45) is 11.8. The van der Waals surface area contributed by atoms with Crippen LogP contribution in [0.2, 0.25) is 0 Å². The van der Waals surface area contributed by atoms with E-state index >= 15 is 0 Å². The molecule has 2 N–H and O–H groups in total. The first-order valence-corrected chi connectivity index (χ1v) is 7.35. The van der Waals surface area contributed by atoms with Crippen LogP contribution in [0.5, 0.6) is 0 Å². The van der Waals surface area contributed by atoms with E-state index in [1.807, 2.05) is 0 Å². The molecule has 0 aliphatic carbocycles. The molecule has 0 aromatic rings. The number of unbranched alkanes of at least 4 members (excludes halogenated alkanes) is 2. The third-order valence-corrected chi connectivity index (χ3v) is 3.26. The van der Waals surface area contributed by atoms with Crippen LogP contribution in [0.4, 0.5) is 0 Å². The maximum absolute atomic E-state index is 11.5. The standard InChI is InChI=1S/C15H26N2O2/c1-2-3-4-5-7-15(18)17-10-6-13-19-14-8-11-16-12-9-14/h1,14,16H,3-13H2,(H,17,18). The number of terminal acetylenes is 1. The van der Waals surface area contributed by atoms with Crippen molar-refractivity contribution in [3.63, 3.8) is 0 Å². The van der Waals surface area contributed by atoms with E-state index in [1.54, 1.807) is 0 Å².